The van der Waals surface area contributed by atoms with Gasteiger partial charge in [-0.2, -0.15) is 0 Å². The van der Waals surface area contributed by atoms with Crippen LogP contribution in [0.4, 0.5) is 11.5 Å². The van der Waals surface area contributed by atoms with Gasteiger partial charge in [0, 0.05) is 6.07 Å². The van der Waals surface area contributed by atoms with E-state index < -0.39 is 4.92 Å². The Labute approximate surface area is 85.7 Å². The van der Waals surface area contributed by atoms with Crippen LogP contribution in [0.15, 0.2) is 24.3 Å². The highest BCUT2D eigenvalue weighted by Crippen LogP contribution is 2.26. The van der Waals surface area contributed by atoms with Crippen LogP contribution in [0, 0.1) is 17.0 Å². The number of non-ortho nitro benzene ring substituents is 1. The third-order valence-corrected chi connectivity index (χ3v) is 2.26. The van der Waals surface area contributed by atoms with E-state index in [4.69, 9.17) is 5.73 Å². The fraction of sp³-hybridized carbons (Fsp3) is 0.100. The van der Waals surface area contributed by atoms with Crippen molar-refractivity contribution in [1.82, 2.24) is 4.98 Å². The van der Waals surface area contributed by atoms with E-state index in [1.807, 2.05) is 0 Å². The normalized spacial score (nSPS) is 10.5. The summed E-state index contributed by atoms with van der Waals surface area (Å²) in [7, 11) is 0. The Morgan fingerprint density at radius 1 is 1.47 bits per heavy atom. The zero-order valence-electron chi connectivity index (χ0n) is 8.10. The summed E-state index contributed by atoms with van der Waals surface area (Å²) in [5.41, 5.74) is 6.99. The van der Waals surface area contributed by atoms with Crippen molar-refractivity contribution in [3.63, 3.8) is 0 Å². The first-order valence-electron chi connectivity index (χ1n) is 4.40. The van der Waals surface area contributed by atoms with Gasteiger partial charge in [0.1, 0.15) is 5.82 Å². The van der Waals surface area contributed by atoms with Gasteiger partial charge in [0.25, 0.3) is 5.69 Å². The molecule has 0 saturated carbocycles. The Morgan fingerprint density at radius 2 is 2.20 bits per heavy atom. The second-order valence-electron chi connectivity index (χ2n) is 3.29. The van der Waals surface area contributed by atoms with Crippen molar-refractivity contribution in [2.75, 3.05) is 5.73 Å². The topological polar surface area (TPSA) is 82.0 Å². The lowest BCUT2D eigenvalue weighted by atomic mass is 10.1. The third-order valence-electron chi connectivity index (χ3n) is 2.26. The molecule has 1 aromatic heterocycles. The standard InChI is InChI=1S/C10H9N3O2/c1-6-5-7-8(12-10(6)11)3-2-4-9(7)13(14)15/h2-5H,1H3,(H2,11,12). The Hall–Kier alpha value is -2.17. The second kappa shape index (κ2) is 3.20. The van der Waals surface area contributed by atoms with E-state index in [9.17, 15) is 10.1 Å². The number of aromatic nitrogens is 1. The average Bonchev–Trinajstić information content (AvgIpc) is 2.18. The Bertz CT molecular complexity index is 552. The molecule has 0 aliphatic rings. The molecule has 15 heavy (non-hydrogen) atoms. The van der Waals surface area contributed by atoms with Crippen LogP contribution in [0.25, 0.3) is 10.9 Å². The molecule has 0 saturated heterocycles. The molecule has 0 aliphatic heterocycles. The van der Waals surface area contributed by atoms with Gasteiger partial charge in [-0.3, -0.25) is 10.1 Å². The van der Waals surface area contributed by atoms with E-state index in [1.54, 1.807) is 25.1 Å². The van der Waals surface area contributed by atoms with Gasteiger partial charge < -0.3 is 5.73 Å². The molecule has 1 aromatic carbocycles. The third kappa shape index (κ3) is 1.48. The number of nitro benzene ring substituents is 1. The molecular weight excluding hydrogens is 194 g/mol. The van der Waals surface area contributed by atoms with Crippen LogP contribution in [0.5, 0.6) is 0 Å². The van der Waals surface area contributed by atoms with Gasteiger partial charge in [-0.25, -0.2) is 4.98 Å². The molecule has 0 spiro atoms. The first-order chi connectivity index (χ1) is 7.09. The molecule has 76 valence electrons. The quantitative estimate of drug-likeness (QED) is 0.567. The van der Waals surface area contributed by atoms with Crippen molar-refractivity contribution in [2.24, 2.45) is 0 Å². The first kappa shape index (κ1) is 9.39. The number of hydrogen-bond acceptors (Lipinski definition) is 4. The van der Waals surface area contributed by atoms with Crippen molar-refractivity contribution >= 4 is 22.4 Å². The van der Waals surface area contributed by atoms with Crippen LogP contribution >= 0.6 is 0 Å². The van der Waals surface area contributed by atoms with Crippen molar-refractivity contribution in [3.05, 3.63) is 39.9 Å². The molecule has 2 rings (SSSR count). The minimum Gasteiger partial charge on any atom is -0.383 e. The maximum absolute atomic E-state index is 10.8. The summed E-state index contributed by atoms with van der Waals surface area (Å²) in [6, 6.07) is 6.45. The fourth-order valence-electron chi connectivity index (χ4n) is 1.45. The van der Waals surface area contributed by atoms with Crippen molar-refractivity contribution in [1.29, 1.82) is 0 Å². The van der Waals surface area contributed by atoms with E-state index in [0.717, 1.165) is 5.56 Å². The van der Waals surface area contributed by atoms with Gasteiger partial charge in [-0.15, -0.1) is 0 Å². The number of pyridine rings is 1. The predicted molar refractivity (Wildman–Crippen MR) is 57.5 cm³/mol. The molecule has 0 fully saturated rings. The highest BCUT2D eigenvalue weighted by Gasteiger charge is 2.12. The summed E-state index contributed by atoms with van der Waals surface area (Å²) < 4.78 is 0. The number of rotatable bonds is 1. The SMILES string of the molecule is Cc1cc2c([N+](=O)[O-])cccc2nc1N. The second-order valence-corrected chi connectivity index (χ2v) is 3.29. The van der Waals surface area contributed by atoms with E-state index in [-0.39, 0.29) is 5.69 Å². The fourth-order valence-corrected chi connectivity index (χ4v) is 1.45. The Kier molecular flexibility index (Phi) is 2.00. The lowest BCUT2D eigenvalue weighted by Gasteiger charge is -2.02. The lowest BCUT2D eigenvalue weighted by molar-refractivity contribution is -0.383. The van der Waals surface area contributed by atoms with Crippen LogP contribution in [-0.4, -0.2) is 9.91 Å². The molecule has 0 radical (unpaired) electrons. The van der Waals surface area contributed by atoms with Gasteiger partial charge in [0.15, 0.2) is 0 Å². The van der Waals surface area contributed by atoms with E-state index in [0.29, 0.717) is 16.7 Å². The minimum atomic E-state index is -0.417. The van der Waals surface area contributed by atoms with Crippen molar-refractivity contribution in [2.45, 2.75) is 6.92 Å². The van der Waals surface area contributed by atoms with Gasteiger partial charge in [-0.05, 0) is 24.6 Å². The number of benzene rings is 1. The predicted octanol–water partition coefficient (Wildman–Crippen LogP) is 2.03. The summed E-state index contributed by atoms with van der Waals surface area (Å²) in [6.45, 7) is 1.78. The number of nitro groups is 1. The van der Waals surface area contributed by atoms with E-state index >= 15 is 0 Å². The number of nitrogen functional groups attached to an aromatic ring is 1. The number of fused-ring (bicyclic) bond motifs is 1. The van der Waals surface area contributed by atoms with Crippen LogP contribution in [0.1, 0.15) is 5.56 Å². The van der Waals surface area contributed by atoms with Crippen molar-refractivity contribution < 1.29 is 4.92 Å². The Balaban J connectivity index is 2.86. The van der Waals surface area contributed by atoms with Gasteiger partial charge in [0.2, 0.25) is 0 Å². The largest absolute Gasteiger partial charge is 0.383 e. The molecule has 1 heterocycles. The minimum absolute atomic E-state index is 0.0584. The number of nitrogens with zero attached hydrogens (tertiary/aromatic N) is 2. The molecule has 0 atom stereocenters. The van der Waals surface area contributed by atoms with Crippen molar-refractivity contribution in [3.8, 4) is 0 Å². The summed E-state index contributed by atoms with van der Waals surface area (Å²) in [5.74, 6) is 0.406. The molecule has 2 aromatic rings. The van der Waals surface area contributed by atoms with Gasteiger partial charge in [-0.1, -0.05) is 6.07 Å². The maximum Gasteiger partial charge on any atom is 0.278 e. The first-order valence-corrected chi connectivity index (χ1v) is 4.40. The number of anilines is 1. The number of aryl methyl sites for hydroxylation is 1. The van der Waals surface area contributed by atoms with Gasteiger partial charge in [0.05, 0.1) is 15.8 Å². The Morgan fingerprint density at radius 3 is 2.87 bits per heavy atom. The van der Waals surface area contributed by atoms with Crippen LogP contribution in [-0.2, 0) is 0 Å². The maximum atomic E-state index is 10.8. The lowest BCUT2D eigenvalue weighted by Crippen LogP contribution is -1.96. The smallest absolute Gasteiger partial charge is 0.278 e. The zero-order valence-corrected chi connectivity index (χ0v) is 8.10. The number of hydrogen-bond donors (Lipinski definition) is 1. The highest BCUT2D eigenvalue weighted by atomic mass is 16.6. The summed E-state index contributed by atoms with van der Waals surface area (Å²) in [6.07, 6.45) is 0. The zero-order chi connectivity index (χ0) is 11.0. The molecule has 0 amide bonds. The van der Waals surface area contributed by atoms with Gasteiger partial charge >= 0.3 is 0 Å². The van der Waals surface area contributed by atoms with Crippen LogP contribution < -0.4 is 5.73 Å². The number of nitrogens with two attached hydrogens (primary N) is 1. The van der Waals surface area contributed by atoms with E-state index in [2.05, 4.69) is 4.98 Å². The summed E-state index contributed by atoms with van der Waals surface area (Å²) in [5, 5.41) is 11.3. The highest BCUT2D eigenvalue weighted by molar-refractivity contribution is 5.89. The monoisotopic (exact) mass is 203 g/mol. The summed E-state index contributed by atoms with van der Waals surface area (Å²) >= 11 is 0. The average molecular weight is 203 g/mol. The molecular formula is C10H9N3O2. The van der Waals surface area contributed by atoms with Crippen LogP contribution in [0.2, 0.25) is 0 Å². The molecule has 5 heteroatoms. The van der Waals surface area contributed by atoms with Crippen LogP contribution in [0.3, 0.4) is 0 Å². The molecule has 5 nitrogen and oxygen atoms in total. The van der Waals surface area contributed by atoms with E-state index in [1.165, 1.54) is 6.07 Å². The molecule has 2 N–H and O–H groups in total. The molecule has 0 unspecified atom stereocenters. The summed E-state index contributed by atoms with van der Waals surface area (Å²) in [4.78, 5) is 14.4. The molecule has 0 aliphatic carbocycles. The molecule has 0 bridgehead atoms.